The van der Waals surface area contributed by atoms with Crippen molar-refractivity contribution in [2.45, 2.75) is 31.4 Å². The third-order valence-electron chi connectivity index (χ3n) is 3.75. The van der Waals surface area contributed by atoms with E-state index in [1.807, 2.05) is 36.5 Å². The van der Waals surface area contributed by atoms with E-state index in [-0.39, 0.29) is 5.97 Å². The first-order valence-corrected chi connectivity index (χ1v) is 8.55. The summed E-state index contributed by atoms with van der Waals surface area (Å²) < 4.78 is 10.4. The maximum absolute atomic E-state index is 11.4. The van der Waals surface area contributed by atoms with E-state index in [4.69, 9.17) is 4.74 Å². The van der Waals surface area contributed by atoms with Crippen LogP contribution in [0, 0.1) is 0 Å². The molecule has 1 aromatic heterocycles. The number of carbonyl (C=O) groups is 1. The summed E-state index contributed by atoms with van der Waals surface area (Å²) in [5, 5.41) is -0.445. The Kier molecular flexibility index (Phi) is 7.12. The van der Waals surface area contributed by atoms with E-state index >= 15 is 0 Å². The Hall–Kier alpha value is -2.01. The molecule has 0 spiro atoms. The Labute approximate surface area is 148 Å². The van der Waals surface area contributed by atoms with Gasteiger partial charge in [-0.25, -0.2) is 0 Å². The topological polar surface area (TPSA) is 48.4 Å². The van der Waals surface area contributed by atoms with Crippen molar-refractivity contribution in [3.8, 4) is 5.75 Å². The molecule has 0 N–H and O–H groups in total. The lowest BCUT2D eigenvalue weighted by atomic mass is 10.1. The van der Waals surface area contributed by atoms with Crippen molar-refractivity contribution in [3.05, 3.63) is 59.4 Å². The van der Waals surface area contributed by atoms with Crippen LogP contribution in [-0.2, 0) is 28.8 Å². The van der Waals surface area contributed by atoms with E-state index in [0.717, 1.165) is 29.8 Å². The fraction of sp³-hybridized carbons (Fsp3) is 0.368. The highest BCUT2D eigenvalue weighted by Crippen LogP contribution is 2.16. The molecular formula is C19H23NO3S. The lowest BCUT2D eigenvalue weighted by Gasteiger charge is -2.10. The molecule has 128 valence electrons. The maximum Gasteiger partial charge on any atom is 0.318 e. The van der Waals surface area contributed by atoms with Gasteiger partial charge in [-0.3, -0.25) is 9.78 Å². The average Bonchev–Trinajstić information content (AvgIpc) is 2.63. The number of carbonyl (C=O) groups excluding carboxylic acids is 1. The van der Waals surface area contributed by atoms with Crippen LogP contribution < -0.4 is 4.74 Å². The zero-order valence-electron chi connectivity index (χ0n) is 14.1. The van der Waals surface area contributed by atoms with Gasteiger partial charge in [-0.05, 0) is 42.2 Å². The van der Waals surface area contributed by atoms with E-state index in [2.05, 4.69) is 35.3 Å². The highest BCUT2D eigenvalue weighted by atomic mass is 32.1. The predicted octanol–water partition coefficient (Wildman–Crippen LogP) is 3.28. The minimum atomic E-state index is -0.445. The fourth-order valence-electron chi connectivity index (χ4n) is 2.25. The Balaban J connectivity index is 1.79. The quantitative estimate of drug-likeness (QED) is 0.589. The van der Waals surface area contributed by atoms with Crippen molar-refractivity contribution in [1.82, 2.24) is 4.98 Å². The smallest absolute Gasteiger partial charge is 0.318 e. The van der Waals surface area contributed by atoms with Crippen molar-refractivity contribution < 1.29 is 14.3 Å². The summed E-state index contributed by atoms with van der Waals surface area (Å²) in [6, 6.07) is 11.8. The van der Waals surface area contributed by atoms with Crippen molar-refractivity contribution in [2.75, 3.05) is 13.7 Å². The molecule has 2 rings (SSSR count). The van der Waals surface area contributed by atoms with Gasteiger partial charge in [-0.1, -0.05) is 25.1 Å². The number of hydrogen-bond acceptors (Lipinski definition) is 5. The summed E-state index contributed by atoms with van der Waals surface area (Å²) in [7, 11) is 1.37. The number of ether oxygens (including phenoxy) is 2. The number of aromatic nitrogens is 1. The lowest BCUT2D eigenvalue weighted by molar-refractivity contribution is -0.139. The number of aryl methyl sites for hydroxylation is 1. The van der Waals surface area contributed by atoms with Gasteiger partial charge in [0.15, 0.2) is 0 Å². The normalized spacial score (nSPS) is 11.8. The SMILES string of the molecule is CCc1ccc(CCOc2ccc(C[C@@H](S)C(=O)OC)cc2)nc1. The number of hydrogen-bond donors (Lipinski definition) is 1. The third-order valence-corrected chi connectivity index (χ3v) is 4.14. The molecule has 1 atom stereocenters. The Morgan fingerprint density at radius 3 is 2.46 bits per heavy atom. The minimum absolute atomic E-state index is 0.319. The number of pyridine rings is 1. The summed E-state index contributed by atoms with van der Waals surface area (Å²) in [4.78, 5) is 15.8. The number of thiol groups is 1. The lowest BCUT2D eigenvalue weighted by Crippen LogP contribution is -2.18. The summed E-state index contributed by atoms with van der Waals surface area (Å²) in [6.45, 7) is 2.69. The van der Waals surface area contributed by atoms with E-state index in [1.54, 1.807) is 0 Å². The van der Waals surface area contributed by atoms with Gasteiger partial charge in [-0.15, -0.1) is 0 Å². The molecule has 1 heterocycles. The number of esters is 1. The fourth-order valence-corrected chi connectivity index (χ4v) is 2.57. The van der Waals surface area contributed by atoms with Crippen molar-refractivity contribution in [2.24, 2.45) is 0 Å². The molecule has 2 aromatic rings. The van der Waals surface area contributed by atoms with Gasteiger partial charge in [0.1, 0.15) is 11.0 Å². The monoisotopic (exact) mass is 345 g/mol. The first-order valence-electron chi connectivity index (χ1n) is 8.03. The minimum Gasteiger partial charge on any atom is -0.493 e. The highest BCUT2D eigenvalue weighted by molar-refractivity contribution is 7.81. The van der Waals surface area contributed by atoms with Crippen LogP contribution in [0.2, 0.25) is 0 Å². The molecule has 0 aliphatic carbocycles. The first kappa shape index (κ1) is 18.3. The molecule has 0 unspecified atom stereocenters. The van der Waals surface area contributed by atoms with Crippen LogP contribution in [0.1, 0.15) is 23.7 Å². The van der Waals surface area contributed by atoms with Gasteiger partial charge >= 0.3 is 5.97 Å². The maximum atomic E-state index is 11.4. The van der Waals surface area contributed by atoms with Gasteiger partial charge in [0.25, 0.3) is 0 Å². The second kappa shape index (κ2) is 9.33. The van der Waals surface area contributed by atoms with E-state index in [1.165, 1.54) is 12.7 Å². The second-order valence-corrected chi connectivity index (χ2v) is 6.12. The van der Waals surface area contributed by atoms with Gasteiger partial charge in [0, 0.05) is 18.3 Å². The molecule has 24 heavy (non-hydrogen) atoms. The molecule has 1 aromatic carbocycles. The van der Waals surface area contributed by atoms with Gasteiger partial charge in [-0.2, -0.15) is 12.6 Å². The number of rotatable bonds is 8. The van der Waals surface area contributed by atoms with Crippen LogP contribution in [0.5, 0.6) is 5.75 Å². The van der Waals surface area contributed by atoms with Crippen molar-refractivity contribution >= 4 is 18.6 Å². The summed E-state index contributed by atoms with van der Waals surface area (Å²) in [6.07, 6.45) is 4.22. The third kappa shape index (κ3) is 5.57. The largest absolute Gasteiger partial charge is 0.493 e. The van der Waals surface area contributed by atoms with Gasteiger partial charge in [0.05, 0.1) is 13.7 Å². The Bertz CT molecular complexity index is 641. The van der Waals surface area contributed by atoms with Gasteiger partial charge < -0.3 is 9.47 Å². The van der Waals surface area contributed by atoms with Crippen LogP contribution in [0.3, 0.4) is 0 Å². The van der Waals surface area contributed by atoms with Crippen LogP contribution in [-0.4, -0.2) is 29.9 Å². The van der Waals surface area contributed by atoms with Crippen LogP contribution in [0.25, 0.3) is 0 Å². The molecule has 0 aliphatic rings. The van der Waals surface area contributed by atoms with E-state index < -0.39 is 5.25 Å². The van der Waals surface area contributed by atoms with E-state index in [9.17, 15) is 4.79 Å². The zero-order valence-corrected chi connectivity index (χ0v) is 15.0. The predicted molar refractivity (Wildman–Crippen MR) is 97.8 cm³/mol. The molecule has 0 saturated heterocycles. The van der Waals surface area contributed by atoms with Gasteiger partial charge in [0.2, 0.25) is 0 Å². The van der Waals surface area contributed by atoms with Crippen molar-refractivity contribution in [1.29, 1.82) is 0 Å². The molecule has 0 amide bonds. The van der Waals surface area contributed by atoms with Crippen LogP contribution in [0.15, 0.2) is 42.6 Å². The molecule has 0 aliphatic heterocycles. The highest BCUT2D eigenvalue weighted by Gasteiger charge is 2.14. The molecule has 0 saturated carbocycles. The number of methoxy groups -OCH3 is 1. The second-order valence-electron chi connectivity index (χ2n) is 5.50. The zero-order chi connectivity index (χ0) is 17.4. The van der Waals surface area contributed by atoms with Crippen LogP contribution in [0.4, 0.5) is 0 Å². The summed E-state index contributed by atoms with van der Waals surface area (Å²) in [5.41, 5.74) is 3.29. The average molecular weight is 345 g/mol. The summed E-state index contributed by atoms with van der Waals surface area (Å²) >= 11 is 4.24. The number of benzene rings is 1. The molecule has 5 heteroatoms. The molecule has 0 fully saturated rings. The molecular weight excluding hydrogens is 322 g/mol. The Morgan fingerprint density at radius 2 is 1.88 bits per heavy atom. The molecule has 0 radical (unpaired) electrons. The Morgan fingerprint density at radius 1 is 1.17 bits per heavy atom. The first-order chi connectivity index (χ1) is 11.6. The number of nitrogens with zero attached hydrogens (tertiary/aromatic N) is 1. The molecule has 4 nitrogen and oxygen atoms in total. The standard InChI is InChI=1S/C19H23NO3S/c1-3-14-4-7-16(20-13-14)10-11-23-17-8-5-15(6-9-17)12-18(24)19(21)22-2/h4-9,13,18,24H,3,10-12H2,1-2H3/t18-/m1/s1. The van der Waals surface area contributed by atoms with E-state index in [0.29, 0.717) is 13.0 Å². The van der Waals surface area contributed by atoms with Crippen LogP contribution >= 0.6 is 12.6 Å². The van der Waals surface area contributed by atoms with Crippen molar-refractivity contribution in [3.63, 3.8) is 0 Å². The molecule has 0 bridgehead atoms. The summed E-state index contributed by atoms with van der Waals surface area (Å²) in [5.74, 6) is 0.484.